The van der Waals surface area contributed by atoms with Crippen molar-refractivity contribution in [2.24, 2.45) is 0 Å². The highest BCUT2D eigenvalue weighted by Gasteiger charge is 2.20. The Labute approximate surface area is 78.5 Å². The monoisotopic (exact) mass is 175 g/mol. The molecule has 3 nitrogen and oxygen atoms in total. The van der Waals surface area contributed by atoms with E-state index in [1.54, 1.807) is 6.20 Å². The molecule has 0 bridgehead atoms. The third kappa shape index (κ3) is 2.03. The fourth-order valence-corrected chi connectivity index (χ4v) is 1.12. The van der Waals surface area contributed by atoms with Gasteiger partial charge in [-0.15, -0.1) is 0 Å². The van der Waals surface area contributed by atoms with Crippen LogP contribution in [0.4, 0.5) is 0 Å². The van der Waals surface area contributed by atoms with Crippen LogP contribution >= 0.6 is 0 Å². The van der Waals surface area contributed by atoms with Crippen molar-refractivity contribution in [2.75, 3.05) is 0 Å². The molecule has 1 aromatic heterocycles. The topological polar surface area (TPSA) is 49.6 Å². The average molecular weight is 175 g/mol. The molecule has 0 N–H and O–H groups in total. The molecule has 0 atom stereocenters. The van der Waals surface area contributed by atoms with E-state index in [0.717, 1.165) is 5.69 Å². The van der Waals surface area contributed by atoms with E-state index in [2.05, 4.69) is 16.0 Å². The van der Waals surface area contributed by atoms with Crippen LogP contribution in [0.3, 0.4) is 0 Å². The first-order valence-electron chi connectivity index (χ1n) is 4.19. The lowest BCUT2D eigenvalue weighted by Crippen LogP contribution is -2.16. The number of nitrogens with zero attached hydrogens (tertiary/aromatic N) is 3. The number of rotatable bonds is 0. The van der Waals surface area contributed by atoms with Crippen molar-refractivity contribution in [2.45, 2.75) is 33.1 Å². The molecule has 0 spiro atoms. The number of nitriles is 1. The summed E-state index contributed by atoms with van der Waals surface area (Å²) in [5, 5.41) is 8.84. The number of hydrogen-bond acceptors (Lipinski definition) is 3. The van der Waals surface area contributed by atoms with Crippen LogP contribution in [0.2, 0.25) is 0 Å². The molecular formula is C10H13N3. The van der Waals surface area contributed by atoms with Gasteiger partial charge in [-0.3, -0.25) is 0 Å². The van der Waals surface area contributed by atoms with Crippen molar-refractivity contribution >= 4 is 0 Å². The molecular weight excluding hydrogens is 162 g/mol. The molecule has 1 aromatic rings. The van der Waals surface area contributed by atoms with Crippen LogP contribution in [0.25, 0.3) is 0 Å². The highest BCUT2D eigenvalue weighted by molar-refractivity contribution is 5.34. The maximum atomic E-state index is 8.84. The summed E-state index contributed by atoms with van der Waals surface area (Å²) in [5.74, 6) is 0.712. The normalized spacial score (nSPS) is 11.0. The zero-order valence-corrected chi connectivity index (χ0v) is 8.42. The van der Waals surface area contributed by atoms with Gasteiger partial charge in [0.25, 0.3) is 0 Å². The summed E-state index contributed by atoms with van der Waals surface area (Å²) in [6.07, 6.45) is 1.59. The Balaban J connectivity index is 3.35. The molecule has 0 aromatic carbocycles. The summed E-state index contributed by atoms with van der Waals surface area (Å²) < 4.78 is 0. The van der Waals surface area contributed by atoms with Gasteiger partial charge in [0.2, 0.25) is 0 Å². The van der Waals surface area contributed by atoms with Gasteiger partial charge in [-0.05, 0) is 6.92 Å². The van der Waals surface area contributed by atoms with Gasteiger partial charge in [0, 0.05) is 11.6 Å². The van der Waals surface area contributed by atoms with E-state index in [4.69, 9.17) is 5.26 Å². The fraction of sp³-hybridized carbons (Fsp3) is 0.500. The molecule has 0 aliphatic heterocycles. The first-order valence-corrected chi connectivity index (χ1v) is 4.19. The molecule has 0 saturated heterocycles. The summed E-state index contributed by atoms with van der Waals surface area (Å²) in [7, 11) is 0. The van der Waals surface area contributed by atoms with Crippen LogP contribution in [0.5, 0.6) is 0 Å². The SMILES string of the molecule is Cc1ncc(C#N)c(C(C)(C)C)n1. The van der Waals surface area contributed by atoms with Gasteiger partial charge in [-0.25, -0.2) is 9.97 Å². The molecule has 0 fully saturated rings. The minimum atomic E-state index is -0.0984. The number of aryl methyl sites for hydroxylation is 1. The predicted octanol–water partition coefficient (Wildman–Crippen LogP) is 1.95. The molecule has 68 valence electrons. The second-order valence-corrected chi connectivity index (χ2v) is 4.04. The lowest BCUT2D eigenvalue weighted by atomic mass is 9.89. The quantitative estimate of drug-likeness (QED) is 0.605. The summed E-state index contributed by atoms with van der Waals surface area (Å²) in [5.41, 5.74) is 1.29. The second-order valence-electron chi connectivity index (χ2n) is 4.04. The van der Waals surface area contributed by atoms with Crippen molar-refractivity contribution in [1.29, 1.82) is 5.26 Å². The highest BCUT2D eigenvalue weighted by atomic mass is 14.9. The number of aromatic nitrogens is 2. The van der Waals surface area contributed by atoms with Crippen LogP contribution in [0.1, 0.15) is 37.9 Å². The molecule has 0 saturated carbocycles. The first kappa shape index (κ1) is 9.66. The zero-order valence-electron chi connectivity index (χ0n) is 8.42. The standard InChI is InChI=1S/C10H13N3/c1-7-12-6-8(5-11)9(13-7)10(2,3)4/h6H,1-4H3. The summed E-state index contributed by atoms with van der Waals surface area (Å²) >= 11 is 0. The molecule has 0 unspecified atom stereocenters. The molecule has 3 heteroatoms. The van der Waals surface area contributed by atoms with Crippen molar-refractivity contribution in [3.05, 3.63) is 23.3 Å². The molecule has 0 aliphatic carbocycles. The third-order valence-corrected chi connectivity index (χ3v) is 1.74. The van der Waals surface area contributed by atoms with Gasteiger partial charge in [-0.2, -0.15) is 5.26 Å². The Hall–Kier alpha value is -1.43. The molecule has 13 heavy (non-hydrogen) atoms. The Morgan fingerprint density at radius 1 is 1.38 bits per heavy atom. The second kappa shape index (κ2) is 3.14. The smallest absolute Gasteiger partial charge is 0.125 e. The van der Waals surface area contributed by atoms with E-state index in [1.807, 2.05) is 27.7 Å². The van der Waals surface area contributed by atoms with Gasteiger partial charge in [0.15, 0.2) is 0 Å². The van der Waals surface area contributed by atoms with E-state index in [0.29, 0.717) is 11.4 Å². The van der Waals surface area contributed by atoms with E-state index in [1.165, 1.54) is 0 Å². The Morgan fingerprint density at radius 3 is 2.46 bits per heavy atom. The minimum Gasteiger partial charge on any atom is -0.240 e. The van der Waals surface area contributed by atoms with Crippen LogP contribution in [-0.2, 0) is 5.41 Å². The van der Waals surface area contributed by atoms with Gasteiger partial charge < -0.3 is 0 Å². The van der Waals surface area contributed by atoms with E-state index < -0.39 is 0 Å². The number of hydrogen-bond donors (Lipinski definition) is 0. The van der Waals surface area contributed by atoms with Gasteiger partial charge >= 0.3 is 0 Å². The van der Waals surface area contributed by atoms with E-state index in [-0.39, 0.29) is 5.41 Å². The van der Waals surface area contributed by atoms with Crippen LogP contribution in [0.15, 0.2) is 6.20 Å². The summed E-state index contributed by atoms with van der Waals surface area (Å²) in [6, 6.07) is 2.10. The highest BCUT2D eigenvalue weighted by Crippen LogP contribution is 2.22. The maximum Gasteiger partial charge on any atom is 0.125 e. The molecule has 1 rings (SSSR count). The van der Waals surface area contributed by atoms with E-state index in [9.17, 15) is 0 Å². The molecule has 1 heterocycles. The average Bonchev–Trinajstić information content (AvgIpc) is 2.03. The first-order chi connectivity index (χ1) is 5.95. The van der Waals surface area contributed by atoms with Crippen molar-refractivity contribution < 1.29 is 0 Å². The Morgan fingerprint density at radius 2 is 2.00 bits per heavy atom. The van der Waals surface area contributed by atoms with Crippen molar-refractivity contribution in [3.63, 3.8) is 0 Å². The van der Waals surface area contributed by atoms with Gasteiger partial charge in [0.1, 0.15) is 11.9 Å². The summed E-state index contributed by atoms with van der Waals surface area (Å²) in [4.78, 5) is 8.27. The summed E-state index contributed by atoms with van der Waals surface area (Å²) in [6.45, 7) is 7.94. The largest absolute Gasteiger partial charge is 0.240 e. The maximum absolute atomic E-state index is 8.84. The van der Waals surface area contributed by atoms with Crippen LogP contribution in [0, 0.1) is 18.3 Å². The Kier molecular flexibility index (Phi) is 2.33. The minimum absolute atomic E-state index is 0.0984. The predicted molar refractivity (Wildman–Crippen MR) is 50.2 cm³/mol. The fourth-order valence-electron chi connectivity index (χ4n) is 1.12. The lowest BCUT2D eigenvalue weighted by Gasteiger charge is -2.18. The van der Waals surface area contributed by atoms with Crippen molar-refractivity contribution in [1.82, 2.24) is 9.97 Å². The molecule has 0 aliphatic rings. The van der Waals surface area contributed by atoms with E-state index >= 15 is 0 Å². The molecule has 0 amide bonds. The molecule has 0 radical (unpaired) electrons. The zero-order chi connectivity index (χ0) is 10.1. The lowest BCUT2D eigenvalue weighted by molar-refractivity contribution is 0.562. The van der Waals surface area contributed by atoms with Crippen LogP contribution in [-0.4, -0.2) is 9.97 Å². The van der Waals surface area contributed by atoms with Gasteiger partial charge in [0.05, 0.1) is 11.3 Å². The third-order valence-electron chi connectivity index (χ3n) is 1.74. The Bertz CT molecular complexity index is 355. The van der Waals surface area contributed by atoms with Crippen molar-refractivity contribution in [3.8, 4) is 6.07 Å². The van der Waals surface area contributed by atoms with Crippen LogP contribution < -0.4 is 0 Å². The van der Waals surface area contributed by atoms with Gasteiger partial charge in [-0.1, -0.05) is 20.8 Å².